The van der Waals surface area contributed by atoms with Crippen LogP contribution in [0.3, 0.4) is 0 Å². The summed E-state index contributed by atoms with van der Waals surface area (Å²) in [5.41, 5.74) is 1.68. The number of anilines is 1. The molecule has 0 unspecified atom stereocenters. The van der Waals surface area contributed by atoms with Crippen molar-refractivity contribution in [2.45, 2.75) is 0 Å². The number of hydrogen-bond acceptors (Lipinski definition) is 5. The van der Waals surface area contributed by atoms with Crippen molar-refractivity contribution in [2.75, 3.05) is 5.32 Å². The van der Waals surface area contributed by atoms with E-state index < -0.39 is 11.5 Å². The zero-order chi connectivity index (χ0) is 22.2. The predicted octanol–water partition coefficient (Wildman–Crippen LogP) is 3.42. The van der Waals surface area contributed by atoms with Crippen LogP contribution in [0, 0.1) is 0 Å². The first-order valence-electron chi connectivity index (χ1n) is 9.63. The fourth-order valence-corrected chi connectivity index (χ4v) is 3.47. The first-order valence-corrected chi connectivity index (χ1v) is 10.0. The summed E-state index contributed by atoms with van der Waals surface area (Å²) >= 11 is 6.00. The summed E-state index contributed by atoms with van der Waals surface area (Å²) in [4.78, 5) is 26.4. The van der Waals surface area contributed by atoms with Gasteiger partial charge in [0.15, 0.2) is 5.82 Å². The van der Waals surface area contributed by atoms with E-state index in [1.807, 2.05) is 24.3 Å². The number of H-pyrrole nitrogens is 1. The lowest BCUT2D eigenvalue weighted by molar-refractivity contribution is 0.102. The zero-order valence-corrected chi connectivity index (χ0v) is 17.5. The Morgan fingerprint density at radius 2 is 1.91 bits per heavy atom. The number of rotatable bonds is 4. The normalized spacial score (nSPS) is 11.1. The van der Waals surface area contributed by atoms with Crippen LogP contribution in [-0.4, -0.2) is 35.7 Å². The molecule has 2 aromatic carbocycles. The molecule has 1 amide bonds. The van der Waals surface area contributed by atoms with E-state index >= 15 is 0 Å². The first kappa shape index (κ1) is 19.7. The number of carbonyl (C=O) groups excluding carboxylic acids is 1. The van der Waals surface area contributed by atoms with Crippen molar-refractivity contribution in [2.24, 2.45) is 7.05 Å². The van der Waals surface area contributed by atoms with Crippen LogP contribution < -0.4 is 10.9 Å². The van der Waals surface area contributed by atoms with E-state index in [0.29, 0.717) is 27.8 Å². The van der Waals surface area contributed by atoms with Crippen LogP contribution in [0.1, 0.15) is 10.4 Å². The third kappa shape index (κ3) is 3.54. The van der Waals surface area contributed by atoms with Crippen molar-refractivity contribution in [3.63, 3.8) is 0 Å². The van der Waals surface area contributed by atoms with Gasteiger partial charge in [0, 0.05) is 23.0 Å². The number of fused-ring (bicyclic) bond motifs is 1. The van der Waals surface area contributed by atoms with Crippen molar-refractivity contribution < 1.29 is 4.79 Å². The minimum absolute atomic E-state index is 0.0825. The molecule has 158 valence electrons. The van der Waals surface area contributed by atoms with Gasteiger partial charge < -0.3 is 5.32 Å². The highest BCUT2D eigenvalue weighted by molar-refractivity contribution is 6.30. The number of amides is 1. The Kier molecular flexibility index (Phi) is 4.79. The number of nitrogens with zero attached hydrogens (tertiary/aromatic N) is 5. The average Bonchev–Trinajstić information content (AvgIpc) is 3.41. The monoisotopic (exact) mass is 445 g/mol. The summed E-state index contributed by atoms with van der Waals surface area (Å²) < 4.78 is 2.71. The number of benzene rings is 2. The Morgan fingerprint density at radius 3 is 2.66 bits per heavy atom. The lowest BCUT2D eigenvalue weighted by Crippen LogP contribution is -2.30. The molecule has 9 nitrogen and oxygen atoms in total. The van der Waals surface area contributed by atoms with Crippen LogP contribution in [0.15, 0.2) is 71.8 Å². The molecule has 3 heterocycles. The number of aromatic amines is 1. The van der Waals surface area contributed by atoms with E-state index in [9.17, 15) is 9.59 Å². The highest BCUT2D eigenvalue weighted by Crippen LogP contribution is 2.22. The summed E-state index contributed by atoms with van der Waals surface area (Å²) in [6.07, 6.45) is 3.14. The second-order valence-electron chi connectivity index (χ2n) is 7.11. The smallest absolute Gasteiger partial charge is 0.284 e. The Morgan fingerprint density at radius 1 is 1.12 bits per heavy atom. The number of carbonyl (C=O) groups is 1. The Bertz CT molecular complexity index is 1520. The number of para-hydroxylation sites is 1. The maximum Gasteiger partial charge on any atom is 0.284 e. The molecule has 0 aliphatic rings. The van der Waals surface area contributed by atoms with Crippen molar-refractivity contribution in [3.05, 3.63) is 87.9 Å². The van der Waals surface area contributed by atoms with Gasteiger partial charge >= 0.3 is 0 Å². The van der Waals surface area contributed by atoms with Gasteiger partial charge in [0.05, 0.1) is 23.6 Å². The van der Waals surface area contributed by atoms with Crippen LogP contribution in [-0.2, 0) is 7.05 Å². The highest BCUT2D eigenvalue weighted by atomic mass is 35.5. The van der Waals surface area contributed by atoms with Gasteiger partial charge in [0.1, 0.15) is 11.3 Å². The molecule has 0 saturated carbocycles. The number of nitrogens with one attached hydrogen (secondary N) is 2. The summed E-state index contributed by atoms with van der Waals surface area (Å²) in [5.74, 6) is -0.259. The molecule has 5 aromatic rings. The summed E-state index contributed by atoms with van der Waals surface area (Å²) in [6.45, 7) is 0. The maximum atomic E-state index is 13.2. The van der Waals surface area contributed by atoms with Gasteiger partial charge in [-0.15, -0.1) is 0 Å². The topological polar surface area (TPSA) is 110 Å². The number of aryl methyl sites for hydroxylation is 1. The molecule has 10 heteroatoms. The lowest BCUT2D eigenvalue weighted by Gasteiger charge is -2.10. The Labute approximate surface area is 186 Å². The van der Waals surface area contributed by atoms with E-state index in [2.05, 4.69) is 25.7 Å². The minimum Gasteiger partial charge on any atom is -0.304 e. The van der Waals surface area contributed by atoms with Gasteiger partial charge in [0.2, 0.25) is 0 Å². The zero-order valence-electron chi connectivity index (χ0n) is 16.8. The van der Waals surface area contributed by atoms with E-state index in [-0.39, 0.29) is 5.56 Å². The van der Waals surface area contributed by atoms with E-state index in [1.54, 1.807) is 42.2 Å². The van der Waals surface area contributed by atoms with Crippen LogP contribution in [0.2, 0.25) is 5.02 Å². The number of halogens is 1. The molecule has 0 fully saturated rings. The molecule has 5 rings (SSSR count). The number of hydrogen-bond donors (Lipinski definition) is 2. The molecule has 0 spiro atoms. The lowest BCUT2D eigenvalue weighted by atomic mass is 10.1. The molecule has 2 N–H and O–H groups in total. The summed E-state index contributed by atoms with van der Waals surface area (Å²) in [5, 5.41) is 19.6. The molecule has 0 saturated heterocycles. The van der Waals surface area contributed by atoms with E-state index in [0.717, 1.165) is 15.6 Å². The Balaban J connectivity index is 1.63. The average molecular weight is 446 g/mol. The van der Waals surface area contributed by atoms with Crippen molar-refractivity contribution >= 4 is 34.2 Å². The van der Waals surface area contributed by atoms with Gasteiger partial charge in [-0.25, -0.2) is 0 Å². The largest absolute Gasteiger partial charge is 0.304 e. The molecule has 0 aliphatic carbocycles. The maximum absolute atomic E-state index is 13.2. The van der Waals surface area contributed by atoms with Crippen molar-refractivity contribution in [1.82, 2.24) is 29.8 Å². The third-order valence-electron chi connectivity index (χ3n) is 4.93. The molecule has 0 bridgehead atoms. The molecule has 3 aromatic heterocycles. The van der Waals surface area contributed by atoms with Crippen LogP contribution in [0.5, 0.6) is 0 Å². The predicted molar refractivity (Wildman–Crippen MR) is 121 cm³/mol. The standard InChI is InChI=1S/C22H16ClN7O2/c1-29-12-15(11-24-29)30-22(32)17(10-19(28-30)13-6-8-14(23)9-7-13)21(31)25-20-16-4-2-3-5-18(16)26-27-20/h2-12H,1H3,(H2,25,26,27,31). The van der Waals surface area contributed by atoms with Gasteiger partial charge in [-0.05, 0) is 30.3 Å². The summed E-state index contributed by atoms with van der Waals surface area (Å²) in [6, 6.07) is 15.8. The van der Waals surface area contributed by atoms with E-state index in [4.69, 9.17) is 11.6 Å². The second-order valence-corrected chi connectivity index (χ2v) is 7.55. The molecular weight excluding hydrogens is 430 g/mol. The first-order chi connectivity index (χ1) is 15.5. The van der Waals surface area contributed by atoms with Gasteiger partial charge in [-0.2, -0.15) is 20.0 Å². The molecule has 0 radical (unpaired) electrons. The molecule has 32 heavy (non-hydrogen) atoms. The molecule has 0 atom stereocenters. The molecule has 0 aliphatic heterocycles. The van der Waals surface area contributed by atoms with Gasteiger partial charge in [0.25, 0.3) is 11.5 Å². The SMILES string of the molecule is Cn1cc(-n2nc(-c3ccc(Cl)cc3)cc(C(=O)Nc3n[nH]c4ccccc34)c2=O)cn1. The number of aromatic nitrogens is 6. The van der Waals surface area contributed by atoms with Crippen LogP contribution >= 0.6 is 11.6 Å². The van der Waals surface area contributed by atoms with E-state index in [1.165, 1.54) is 12.3 Å². The minimum atomic E-state index is -0.595. The van der Waals surface area contributed by atoms with Crippen molar-refractivity contribution in [3.8, 4) is 16.9 Å². The fraction of sp³-hybridized carbons (Fsp3) is 0.0455. The molecular formula is C22H16ClN7O2. The fourth-order valence-electron chi connectivity index (χ4n) is 3.35. The second kappa shape index (κ2) is 7.78. The quantitative estimate of drug-likeness (QED) is 0.440. The highest BCUT2D eigenvalue weighted by Gasteiger charge is 2.20. The Hall–Kier alpha value is -4.24. The summed E-state index contributed by atoms with van der Waals surface area (Å²) in [7, 11) is 1.73. The van der Waals surface area contributed by atoms with Gasteiger partial charge in [-0.3, -0.25) is 19.4 Å². The van der Waals surface area contributed by atoms with Gasteiger partial charge in [-0.1, -0.05) is 35.9 Å². The van der Waals surface area contributed by atoms with Crippen LogP contribution in [0.25, 0.3) is 27.8 Å². The third-order valence-corrected chi connectivity index (χ3v) is 5.19. The van der Waals surface area contributed by atoms with Crippen LogP contribution in [0.4, 0.5) is 5.82 Å². The van der Waals surface area contributed by atoms with Crippen molar-refractivity contribution in [1.29, 1.82) is 0 Å².